The SMILES string of the molecule is Cl.Clc1ccc(/C=N/NC2=NCCCO2)cc1. The Labute approximate surface area is 111 Å². The van der Waals surface area contributed by atoms with Gasteiger partial charge in [0.25, 0.3) is 0 Å². The van der Waals surface area contributed by atoms with E-state index in [1.807, 2.05) is 24.3 Å². The molecule has 0 aliphatic carbocycles. The van der Waals surface area contributed by atoms with Crippen LogP contribution in [0, 0.1) is 0 Å². The van der Waals surface area contributed by atoms with E-state index >= 15 is 0 Å². The van der Waals surface area contributed by atoms with Crippen LogP contribution in [0.3, 0.4) is 0 Å². The van der Waals surface area contributed by atoms with Crippen LogP contribution in [0.2, 0.25) is 5.02 Å². The Kier molecular flexibility index (Phi) is 5.80. The van der Waals surface area contributed by atoms with Gasteiger partial charge in [0.1, 0.15) is 0 Å². The van der Waals surface area contributed by atoms with Crippen molar-refractivity contribution in [1.82, 2.24) is 5.43 Å². The van der Waals surface area contributed by atoms with Crippen molar-refractivity contribution in [3.63, 3.8) is 0 Å². The number of amidine groups is 1. The lowest BCUT2D eigenvalue weighted by molar-refractivity contribution is 0.268. The van der Waals surface area contributed by atoms with Crippen LogP contribution in [0.25, 0.3) is 0 Å². The number of benzene rings is 1. The number of hydrogen-bond acceptors (Lipinski definition) is 4. The molecule has 1 aliphatic heterocycles. The fraction of sp³-hybridized carbons (Fsp3) is 0.273. The van der Waals surface area contributed by atoms with Crippen LogP contribution in [0.4, 0.5) is 0 Å². The lowest BCUT2D eigenvalue weighted by atomic mass is 10.2. The number of rotatable bonds is 2. The molecule has 0 fully saturated rings. The van der Waals surface area contributed by atoms with Gasteiger partial charge in [-0.3, -0.25) is 0 Å². The molecule has 0 unspecified atom stereocenters. The second-order valence-electron chi connectivity index (χ2n) is 3.31. The van der Waals surface area contributed by atoms with Gasteiger partial charge in [-0.25, -0.2) is 10.4 Å². The first-order valence-corrected chi connectivity index (χ1v) is 5.44. The summed E-state index contributed by atoms with van der Waals surface area (Å²) in [7, 11) is 0. The largest absolute Gasteiger partial charge is 0.464 e. The van der Waals surface area contributed by atoms with Gasteiger partial charge in [0, 0.05) is 18.0 Å². The average Bonchev–Trinajstić information content (AvgIpc) is 2.33. The Morgan fingerprint density at radius 3 is 2.76 bits per heavy atom. The maximum Gasteiger partial charge on any atom is 0.305 e. The molecule has 6 heteroatoms. The highest BCUT2D eigenvalue weighted by Gasteiger charge is 2.02. The first-order valence-electron chi connectivity index (χ1n) is 5.06. The number of nitrogens with zero attached hydrogens (tertiary/aromatic N) is 2. The molecule has 1 N–H and O–H groups in total. The highest BCUT2D eigenvalue weighted by atomic mass is 35.5. The average molecular weight is 274 g/mol. The van der Waals surface area contributed by atoms with E-state index < -0.39 is 0 Å². The van der Waals surface area contributed by atoms with E-state index in [0.717, 1.165) is 18.5 Å². The number of hydrogen-bond donors (Lipinski definition) is 1. The van der Waals surface area contributed by atoms with E-state index in [9.17, 15) is 0 Å². The second-order valence-corrected chi connectivity index (χ2v) is 3.75. The molecule has 2 rings (SSSR count). The van der Waals surface area contributed by atoms with Gasteiger partial charge in [0.2, 0.25) is 0 Å². The Morgan fingerprint density at radius 2 is 2.12 bits per heavy atom. The summed E-state index contributed by atoms with van der Waals surface area (Å²) < 4.78 is 5.24. The van der Waals surface area contributed by atoms with Crippen molar-refractivity contribution >= 4 is 36.2 Å². The minimum atomic E-state index is 0. The van der Waals surface area contributed by atoms with Crippen LogP contribution in [0.1, 0.15) is 12.0 Å². The number of nitrogens with one attached hydrogen (secondary N) is 1. The summed E-state index contributed by atoms with van der Waals surface area (Å²) in [6, 6.07) is 7.89. The van der Waals surface area contributed by atoms with E-state index in [4.69, 9.17) is 16.3 Å². The van der Waals surface area contributed by atoms with Gasteiger partial charge in [-0.05, 0) is 17.7 Å². The molecule has 1 aromatic carbocycles. The summed E-state index contributed by atoms with van der Waals surface area (Å²) in [5.41, 5.74) is 3.71. The number of ether oxygens (including phenoxy) is 1. The van der Waals surface area contributed by atoms with Gasteiger partial charge in [0.15, 0.2) is 0 Å². The molecule has 0 saturated heterocycles. The van der Waals surface area contributed by atoms with E-state index in [1.165, 1.54) is 0 Å². The molecule has 92 valence electrons. The smallest absolute Gasteiger partial charge is 0.305 e. The number of halogens is 2. The molecule has 0 saturated carbocycles. The normalized spacial score (nSPS) is 14.8. The van der Waals surface area contributed by atoms with Crippen LogP contribution >= 0.6 is 24.0 Å². The van der Waals surface area contributed by atoms with Gasteiger partial charge in [0.05, 0.1) is 12.8 Å². The molecule has 0 spiro atoms. The van der Waals surface area contributed by atoms with E-state index in [0.29, 0.717) is 17.7 Å². The standard InChI is InChI=1S/C11H12ClN3O.ClH/c12-10-4-2-9(3-5-10)8-14-15-11-13-6-1-7-16-11;/h2-5,8H,1,6-7H2,(H,13,15);1H/b14-8+;. The predicted octanol–water partition coefficient (Wildman–Crippen LogP) is 2.46. The van der Waals surface area contributed by atoms with E-state index in [1.54, 1.807) is 6.21 Å². The Bertz CT molecular complexity index is 404. The van der Waals surface area contributed by atoms with Gasteiger partial charge in [-0.1, -0.05) is 23.7 Å². The molecule has 1 aliphatic rings. The molecule has 0 amide bonds. The van der Waals surface area contributed by atoms with Crippen molar-refractivity contribution in [1.29, 1.82) is 0 Å². The molecule has 17 heavy (non-hydrogen) atoms. The van der Waals surface area contributed by atoms with Crippen molar-refractivity contribution in [3.8, 4) is 0 Å². The zero-order valence-corrected chi connectivity index (χ0v) is 10.7. The van der Waals surface area contributed by atoms with Crippen LogP contribution in [0.15, 0.2) is 34.4 Å². The third kappa shape index (κ3) is 4.63. The maximum atomic E-state index is 5.77. The third-order valence-corrected chi connectivity index (χ3v) is 2.29. The molecule has 0 aromatic heterocycles. The zero-order chi connectivity index (χ0) is 11.2. The van der Waals surface area contributed by atoms with Crippen LogP contribution in [0.5, 0.6) is 0 Å². The minimum Gasteiger partial charge on any atom is -0.464 e. The maximum absolute atomic E-state index is 5.77. The predicted molar refractivity (Wildman–Crippen MR) is 72.3 cm³/mol. The fourth-order valence-corrected chi connectivity index (χ4v) is 1.36. The summed E-state index contributed by atoms with van der Waals surface area (Å²) in [5, 5.41) is 4.73. The second kappa shape index (κ2) is 7.14. The highest BCUT2D eigenvalue weighted by Crippen LogP contribution is 2.07. The molecule has 0 atom stereocenters. The monoisotopic (exact) mass is 273 g/mol. The summed E-state index contributed by atoms with van der Waals surface area (Å²) in [6.07, 6.45) is 2.66. The minimum absolute atomic E-state index is 0. The Balaban J connectivity index is 0.00000144. The van der Waals surface area contributed by atoms with Crippen LogP contribution in [-0.4, -0.2) is 25.4 Å². The van der Waals surface area contributed by atoms with Crippen LogP contribution < -0.4 is 5.43 Å². The van der Waals surface area contributed by atoms with Crippen molar-refractivity contribution in [2.24, 2.45) is 10.1 Å². The molecule has 4 nitrogen and oxygen atoms in total. The van der Waals surface area contributed by atoms with Crippen molar-refractivity contribution < 1.29 is 4.74 Å². The van der Waals surface area contributed by atoms with Crippen molar-refractivity contribution in [2.75, 3.05) is 13.2 Å². The van der Waals surface area contributed by atoms with Gasteiger partial charge in [-0.2, -0.15) is 5.10 Å². The topological polar surface area (TPSA) is 46.0 Å². The lowest BCUT2D eigenvalue weighted by Crippen LogP contribution is -2.25. The van der Waals surface area contributed by atoms with Crippen molar-refractivity contribution in [2.45, 2.75) is 6.42 Å². The molecular formula is C11H13Cl2N3O. The number of hydrazone groups is 1. The fourth-order valence-electron chi connectivity index (χ4n) is 1.24. The quantitative estimate of drug-likeness (QED) is 0.665. The Morgan fingerprint density at radius 1 is 1.35 bits per heavy atom. The van der Waals surface area contributed by atoms with Gasteiger partial charge >= 0.3 is 6.02 Å². The van der Waals surface area contributed by atoms with Crippen molar-refractivity contribution in [3.05, 3.63) is 34.9 Å². The lowest BCUT2D eigenvalue weighted by Gasteiger charge is -2.11. The molecule has 0 bridgehead atoms. The number of aliphatic imine (C=N–C) groups is 1. The van der Waals surface area contributed by atoms with E-state index in [2.05, 4.69) is 15.5 Å². The first-order chi connectivity index (χ1) is 7.84. The molecule has 0 radical (unpaired) electrons. The zero-order valence-electron chi connectivity index (χ0n) is 9.10. The first kappa shape index (κ1) is 13.8. The van der Waals surface area contributed by atoms with Gasteiger partial charge < -0.3 is 4.74 Å². The molecule has 1 aromatic rings. The summed E-state index contributed by atoms with van der Waals surface area (Å²) in [5.74, 6) is 0. The van der Waals surface area contributed by atoms with Crippen LogP contribution in [-0.2, 0) is 4.74 Å². The summed E-state index contributed by atoms with van der Waals surface area (Å²) in [4.78, 5) is 4.12. The summed E-state index contributed by atoms with van der Waals surface area (Å²) in [6.45, 7) is 1.49. The van der Waals surface area contributed by atoms with Gasteiger partial charge in [-0.15, -0.1) is 12.4 Å². The third-order valence-electron chi connectivity index (χ3n) is 2.04. The summed E-state index contributed by atoms with van der Waals surface area (Å²) >= 11 is 5.77. The van der Waals surface area contributed by atoms with E-state index in [-0.39, 0.29) is 12.4 Å². The molecule has 1 heterocycles. The Hall–Kier alpha value is -1.26. The highest BCUT2D eigenvalue weighted by molar-refractivity contribution is 6.30. The molecular weight excluding hydrogens is 261 g/mol.